The van der Waals surface area contributed by atoms with E-state index in [4.69, 9.17) is 4.74 Å². The summed E-state index contributed by atoms with van der Waals surface area (Å²) in [6.45, 7) is 2.04. The minimum absolute atomic E-state index is 0.169. The smallest absolute Gasteiger partial charge is 0.251 e. The molecule has 0 aromatic carbocycles. The lowest BCUT2D eigenvalue weighted by Gasteiger charge is -2.10. The van der Waals surface area contributed by atoms with Gasteiger partial charge in [0.2, 0.25) is 0 Å². The van der Waals surface area contributed by atoms with Gasteiger partial charge in [-0.15, -0.1) is 0 Å². The summed E-state index contributed by atoms with van der Waals surface area (Å²) in [4.78, 5) is 27.1. The molecule has 0 spiro atoms. The lowest BCUT2D eigenvalue weighted by atomic mass is 10.2. The van der Waals surface area contributed by atoms with E-state index in [1.54, 1.807) is 14.2 Å². The molecule has 7 nitrogen and oxygen atoms in total. The van der Waals surface area contributed by atoms with Crippen LogP contribution in [0.25, 0.3) is 0 Å². The number of ether oxygens (including phenoxy) is 1. The number of aromatic amines is 1. The second kappa shape index (κ2) is 7.07. The Morgan fingerprint density at radius 1 is 1.43 bits per heavy atom. The standard InChI is InChI=1S/C13H17N5O2S/c1-4-5-8-6-9(19)18-13(17-8)21-12-10(20-3)11(14-2)15-7-16-12/h6-7H,4-5H2,1-3H3,(H,14,15,16)(H,17,18,19). The van der Waals surface area contributed by atoms with E-state index in [0.717, 1.165) is 18.5 Å². The molecule has 8 heteroatoms. The van der Waals surface area contributed by atoms with Crippen molar-refractivity contribution in [2.24, 2.45) is 0 Å². The van der Waals surface area contributed by atoms with Crippen molar-refractivity contribution in [1.82, 2.24) is 19.9 Å². The average molecular weight is 307 g/mol. The molecule has 0 radical (unpaired) electrons. The van der Waals surface area contributed by atoms with Crippen LogP contribution in [0.2, 0.25) is 0 Å². The number of hydrogen-bond acceptors (Lipinski definition) is 7. The number of methoxy groups -OCH3 is 1. The summed E-state index contributed by atoms with van der Waals surface area (Å²) in [7, 11) is 3.30. The Morgan fingerprint density at radius 3 is 2.90 bits per heavy atom. The molecule has 21 heavy (non-hydrogen) atoms. The van der Waals surface area contributed by atoms with E-state index < -0.39 is 0 Å². The molecule has 2 aromatic heterocycles. The SMILES string of the molecule is CCCc1cc(=O)[nH]c(Sc2ncnc(NC)c2OC)n1. The molecule has 0 unspecified atom stereocenters. The monoisotopic (exact) mass is 307 g/mol. The van der Waals surface area contributed by atoms with Crippen LogP contribution in [-0.2, 0) is 6.42 Å². The highest BCUT2D eigenvalue weighted by Gasteiger charge is 2.14. The summed E-state index contributed by atoms with van der Waals surface area (Å²) in [5, 5.41) is 4.02. The highest BCUT2D eigenvalue weighted by Crippen LogP contribution is 2.34. The summed E-state index contributed by atoms with van der Waals surface area (Å²) >= 11 is 1.24. The van der Waals surface area contributed by atoms with Crippen LogP contribution in [0.5, 0.6) is 5.75 Å². The van der Waals surface area contributed by atoms with Crippen LogP contribution < -0.4 is 15.6 Å². The third-order valence-corrected chi connectivity index (χ3v) is 3.56. The van der Waals surface area contributed by atoms with Gasteiger partial charge < -0.3 is 15.0 Å². The lowest BCUT2D eigenvalue weighted by Crippen LogP contribution is -2.10. The molecule has 0 bridgehead atoms. The van der Waals surface area contributed by atoms with E-state index in [2.05, 4.69) is 25.3 Å². The minimum atomic E-state index is -0.169. The molecular formula is C13H17N5O2S. The van der Waals surface area contributed by atoms with E-state index in [0.29, 0.717) is 21.7 Å². The predicted octanol–water partition coefficient (Wildman–Crippen LogP) is 1.71. The van der Waals surface area contributed by atoms with Gasteiger partial charge in [0.15, 0.2) is 21.7 Å². The van der Waals surface area contributed by atoms with Gasteiger partial charge in [-0.05, 0) is 18.2 Å². The number of anilines is 1. The Balaban J connectivity index is 2.36. The number of aryl methyl sites for hydroxylation is 1. The molecule has 112 valence electrons. The predicted molar refractivity (Wildman–Crippen MR) is 81.1 cm³/mol. The number of hydrogen-bond donors (Lipinski definition) is 2. The second-order valence-electron chi connectivity index (χ2n) is 4.20. The highest BCUT2D eigenvalue weighted by atomic mass is 32.2. The zero-order valence-corrected chi connectivity index (χ0v) is 13.0. The Kier molecular flexibility index (Phi) is 5.15. The summed E-state index contributed by atoms with van der Waals surface area (Å²) in [5.74, 6) is 1.11. The maximum absolute atomic E-state index is 11.7. The van der Waals surface area contributed by atoms with Crippen LogP contribution in [0.3, 0.4) is 0 Å². The van der Waals surface area contributed by atoms with Gasteiger partial charge in [-0.1, -0.05) is 13.3 Å². The zero-order valence-electron chi connectivity index (χ0n) is 12.1. The van der Waals surface area contributed by atoms with E-state index in [-0.39, 0.29) is 5.56 Å². The maximum atomic E-state index is 11.7. The first kappa shape index (κ1) is 15.3. The summed E-state index contributed by atoms with van der Waals surface area (Å²) in [5.41, 5.74) is 0.600. The molecule has 2 heterocycles. The fourth-order valence-corrected chi connectivity index (χ4v) is 2.67. The van der Waals surface area contributed by atoms with Crippen LogP contribution in [-0.4, -0.2) is 34.1 Å². The number of aromatic nitrogens is 4. The Morgan fingerprint density at radius 2 is 2.24 bits per heavy atom. The van der Waals surface area contributed by atoms with Gasteiger partial charge in [-0.3, -0.25) is 4.79 Å². The van der Waals surface area contributed by atoms with Crippen molar-refractivity contribution in [3.8, 4) is 5.75 Å². The normalized spacial score (nSPS) is 10.4. The van der Waals surface area contributed by atoms with Crippen molar-refractivity contribution in [2.75, 3.05) is 19.5 Å². The van der Waals surface area contributed by atoms with Gasteiger partial charge in [0.1, 0.15) is 6.33 Å². The van der Waals surface area contributed by atoms with Crippen molar-refractivity contribution in [3.63, 3.8) is 0 Å². The van der Waals surface area contributed by atoms with E-state index >= 15 is 0 Å². The zero-order chi connectivity index (χ0) is 15.2. The molecule has 0 saturated carbocycles. The molecule has 0 aliphatic carbocycles. The second-order valence-corrected chi connectivity index (χ2v) is 5.18. The number of nitrogens with zero attached hydrogens (tertiary/aromatic N) is 3. The van der Waals surface area contributed by atoms with Crippen molar-refractivity contribution in [3.05, 3.63) is 28.4 Å². The first-order chi connectivity index (χ1) is 10.2. The van der Waals surface area contributed by atoms with Crippen molar-refractivity contribution < 1.29 is 4.74 Å². The molecular weight excluding hydrogens is 290 g/mol. The van der Waals surface area contributed by atoms with E-state index in [1.165, 1.54) is 24.2 Å². The first-order valence-electron chi connectivity index (χ1n) is 6.52. The number of rotatable bonds is 6. The van der Waals surface area contributed by atoms with Crippen molar-refractivity contribution in [1.29, 1.82) is 0 Å². The van der Waals surface area contributed by atoms with Crippen molar-refractivity contribution in [2.45, 2.75) is 29.9 Å². The molecule has 0 aliphatic heterocycles. The minimum Gasteiger partial charge on any atom is -0.490 e. The fourth-order valence-electron chi connectivity index (χ4n) is 1.80. The maximum Gasteiger partial charge on any atom is 0.251 e. The van der Waals surface area contributed by atoms with Gasteiger partial charge >= 0.3 is 0 Å². The molecule has 0 amide bonds. The van der Waals surface area contributed by atoms with Gasteiger partial charge in [0.05, 0.1) is 7.11 Å². The number of H-pyrrole nitrogens is 1. The molecule has 2 N–H and O–H groups in total. The molecule has 2 aromatic rings. The first-order valence-corrected chi connectivity index (χ1v) is 7.34. The molecule has 0 atom stereocenters. The van der Waals surface area contributed by atoms with Crippen LogP contribution >= 0.6 is 11.8 Å². The van der Waals surface area contributed by atoms with Crippen molar-refractivity contribution >= 4 is 17.6 Å². The molecule has 0 aliphatic rings. The molecule has 2 rings (SSSR count). The average Bonchev–Trinajstić information content (AvgIpc) is 2.46. The third kappa shape index (κ3) is 3.72. The summed E-state index contributed by atoms with van der Waals surface area (Å²) in [6.07, 6.45) is 3.13. The van der Waals surface area contributed by atoms with E-state index in [1.807, 2.05) is 6.92 Å². The third-order valence-electron chi connectivity index (χ3n) is 2.68. The van der Waals surface area contributed by atoms with Crippen LogP contribution in [0.1, 0.15) is 19.0 Å². The van der Waals surface area contributed by atoms with Crippen LogP contribution in [0, 0.1) is 0 Å². The highest BCUT2D eigenvalue weighted by molar-refractivity contribution is 7.99. The lowest BCUT2D eigenvalue weighted by molar-refractivity contribution is 0.400. The summed E-state index contributed by atoms with van der Waals surface area (Å²) < 4.78 is 5.32. The molecule has 0 saturated heterocycles. The quantitative estimate of drug-likeness (QED) is 0.620. The fraction of sp³-hybridized carbons (Fsp3) is 0.385. The topological polar surface area (TPSA) is 92.8 Å². The summed E-state index contributed by atoms with van der Waals surface area (Å²) in [6, 6.07) is 1.52. The Hall–Kier alpha value is -2.09. The number of nitrogens with one attached hydrogen (secondary N) is 2. The Bertz CT molecular complexity index is 674. The van der Waals surface area contributed by atoms with Crippen LogP contribution in [0.4, 0.5) is 5.82 Å². The largest absolute Gasteiger partial charge is 0.490 e. The van der Waals surface area contributed by atoms with Gasteiger partial charge in [-0.25, -0.2) is 15.0 Å². The molecule has 0 fully saturated rings. The van der Waals surface area contributed by atoms with E-state index in [9.17, 15) is 4.79 Å². The van der Waals surface area contributed by atoms with Gasteiger partial charge in [0.25, 0.3) is 5.56 Å². The Labute approximate surface area is 126 Å². The van der Waals surface area contributed by atoms with Crippen LogP contribution in [0.15, 0.2) is 27.4 Å². The van der Waals surface area contributed by atoms with Gasteiger partial charge in [-0.2, -0.15) is 0 Å². The van der Waals surface area contributed by atoms with Gasteiger partial charge in [0, 0.05) is 18.8 Å².